The van der Waals surface area contributed by atoms with Gasteiger partial charge in [0.2, 0.25) is 0 Å². The van der Waals surface area contributed by atoms with E-state index in [0.717, 1.165) is 49.2 Å². The lowest BCUT2D eigenvalue weighted by molar-refractivity contribution is 0.0987. The number of fused-ring (bicyclic) bond motifs is 2. The van der Waals surface area contributed by atoms with Crippen LogP contribution in [0.2, 0.25) is 0 Å². The highest BCUT2D eigenvalue weighted by atomic mass is 16.2. The summed E-state index contributed by atoms with van der Waals surface area (Å²) >= 11 is 0. The minimum Gasteiger partial charge on any atom is -0.335 e. The molecule has 0 saturated heterocycles. The van der Waals surface area contributed by atoms with Crippen LogP contribution in [0.4, 0.5) is 5.69 Å². The lowest BCUT2D eigenvalue weighted by Crippen LogP contribution is -2.37. The van der Waals surface area contributed by atoms with Crippen molar-refractivity contribution in [2.24, 2.45) is 5.84 Å². The number of nitrogens with zero attached hydrogens (tertiary/aromatic N) is 6. The molecule has 2 aromatic carbocycles. The van der Waals surface area contributed by atoms with Gasteiger partial charge in [-0.3, -0.25) is 24.8 Å². The Balaban J connectivity index is 1.27. The number of hydrazine groups is 1. The first-order valence-corrected chi connectivity index (χ1v) is 12.5. The molecular weight excluding hydrogens is 502 g/mol. The van der Waals surface area contributed by atoms with E-state index in [1.54, 1.807) is 61.4 Å². The van der Waals surface area contributed by atoms with Crippen LogP contribution in [0.25, 0.3) is 55.7 Å². The van der Waals surface area contributed by atoms with Gasteiger partial charge in [-0.05, 0) is 42.0 Å². The highest BCUT2D eigenvalue weighted by molar-refractivity contribution is 6.05. The molecule has 0 aliphatic heterocycles. The Morgan fingerprint density at radius 3 is 2.48 bits per heavy atom. The maximum absolute atomic E-state index is 12.9. The number of aromatic nitrogens is 7. The van der Waals surface area contributed by atoms with Crippen LogP contribution in [0.5, 0.6) is 0 Å². The summed E-state index contributed by atoms with van der Waals surface area (Å²) in [6.07, 6.45) is 10.4. The number of nitrogens with one attached hydrogen (secondary N) is 2. The molecule has 0 atom stereocenters. The van der Waals surface area contributed by atoms with Gasteiger partial charge in [0, 0.05) is 52.4 Å². The molecule has 0 aliphatic rings. The number of benzene rings is 2. The van der Waals surface area contributed by atoms with Crippen molar-refractivity contribution in [2.75, 3.05) is 5.01 Å². The van der Waals surface area contributed by atoms with Crippen LogP contribution in [-0.2, 0) is 0 Å². The molecule has 10 heteroatoms. The molecule has 7 rings (SSSR count). The predicted molar refractivity (Wildman–Crippen MR) is 153 cm³/mol. The Kier molecular flexibility index (Phi) is 5.57. The smallest absolute Gasteiger partial charge is 0.272 e. The number of H-pyrrole nitrogens is 2. The fourth-order valence-corrected chi connectivity index (χ4v) is 4.71. The van der Waals surface area contributed by atoms with E-state index in [4.69, 9.17) is 10.8 Å². The molecule has 0 saturated carbocycles. The number of aromatic amines is 2. The van der Waals surface area contributed by atoms with E-state index in [0.29, 0.717) is 22.8 Å². The van der Waals surface area contributed by atoms with Crippen molar-refractivity contribution in [3.8, 4) is 33.8 Å². The number of anilines is 1. The number of carbonyl (C=O) groups excluding carboxylic acids is 1. The molecule has 4 N–H and O–H groups in total. The van der Waals surface area contributed by atoms with Crippen molar-refractivity contribution >= 4 is 33.5 Å². The van der Waals surface area contributed by atoms with Gasteiger partial charge >= 0.3 is 0 Å². The summed E-state index contributed by atoms with van der Waals surface area (Å²) in [5.41, 5.74) is 7.59. The normalized spacial score (nSPS) is 11.2. The van der Waals surface area contributed by atoms with Crippen LogP contribution in [0, 0.1) is 0 Å². The molecule has 40 heavy (non-hydrogen) atoms. The van der Waals surface area contributed by atoms with Gasteiger partial charge < -0.3 is 4.98 Å². The lowest BCUT2D eigenvalue weighted by Gasteiger charge is -2.17. The Labute approximate surface area is 227 Å². The fourth-order valence-electron chi connectivity index (χ4n) is 4.71. The molecular formula is C30H21N9O. The van der Waals surface area contributed by atoms with Crippen LogP contribution in [-0.4, -0.2) is 41.0 Å². The quantitative estimate of drug-likeness (QED) is 0.161. The molecule has 0 bridgehead atoms. The van der Waals surface area contributed by atoms with Crippen molar-refractivity contribution in [3.63, 3.8) is 0 Å². The largest absolute Gasteiger partial charge is 0.335 e. The third-order valence-corrected chi connectivity index (χ3v) is 6.73. The van der Waals surface area contributed by atoms with E-state index < -0.39 is 0 Å². The van der Waals surface area contributed by atoms with E-state index >= 15 is 0 Å². The average Bonchev–Trinajstić information content (AvgIpc) is 3.65. The molecule has 0 radical (unpaired) electrons. The Morgan fingerprint density at radius 2 is 1.62 bits per heavy atom. The van der Waals surface area contributed by atoms with E-state index in [1.807, 2.05) is 42.5 Å². The van der Waals surface area contributed by atoms with Gasteiger partial charge in [0.15, 0.2) is 5.82 Å². The fraction of sp³-hybridized carbons (Fsp3) is 0. The molecule has 5 aromatic heterocycles. The lowest BCUT2D eigenvalue weighted by atomic mass is 10.0. The van der Waals surface area contributed by atoms with Crippen molar-refractivity contribution in [1.29, 1.82) is 0 Å². The third kappa shape index (κ3) is 4.05. The van der Waals surface area contributed by atoms with Crippen LogP contribution in [0.15, 0.2) is 104 Å². The average molecular weight is 524 g/mol. The molecule has 0 aliphatic carbocycles. The zero-order valence-corrected chi connectivity index (χ0v) is 21.0. The highest BCUT2D eigenvalue weighted by Gasteiger charge is 2.18. The summed E-state index contributed by atoms with van der Waals surface area (Å²) < 4.78 is 0. The van der Waals surface area contributed by atoms with Crippen LogP contribution in [0.1, 0.15) is 10.4 Å². The van der Waals surface area contributed by atoms with Gasteiger partial charge in [0.25, 0.3) is 5.91 Å². The van der Waals surface area contributed by atoms with Crippen molar-refractivity contribution in [1.82, 2.24) is 35.1 Å². The number of carbonyl (C=O) groups is 1. The van der Waals surface area contributed by atoms with Crippen molar-refractivity contribution in [2.45, 2.75) is 0 Å². The van der Waals surface area contributed by atoms with Crippen LogP contribution < -0.4 is 10.9 Å². The van der Waals surface area contributed by atoms with Gasteiger partial charge in [-0.25, -0.2) is 15.8 Å². The van der Waals surface area contributed by atoms with Gasteiger partial charge in [-0.1, -0.05) is 30.3 Å². The van der Waals surface area contributed by atoms with Gasteiger partial charge in [-0.2, -0.15) is 5.10 Å². The zero-order chi connectivity index (χ0) is 27.1. The molecule has 7 aromatic rings. The summed E-state index contributed by atoms with van der Waals surface area (Å²) in [5, 5.41) is 9.64. The second-order valence-electron chi connectivity index (χ2n) is 9.22. The van der Waals surface area contributed by atoms with Crippen molar-refractivity contribution < 1.29 is 4.79 Å². The molecule has 0 unspecified atom stereocenters. The number of imidazole rings is 1. The monoisotopic (exact) mass is 523 g/mol. The first kappa shape index (κ1) is 23.4. The number of hydrogen-bond acceptors (Lipinski definition) is 7. The van der Waals surface area contributed by atoms with E-state index in [2.05, 4.69) is 30.1 Å². The van der Waals surface area contributed by atoms with Crippen LogP contribution >= 0.6 is 0 Å². The second kappa shape index (κ2) is 9.53. The maximum Gasteiger partial charge on any atom is 0.272 e. The number of nitrogens with two attached hydrogens (primary N) is 1. The number of rotatable bonds is 5. The Hall–Kier alpha value is -5.74. The zero-order valence-electron chi connectivity index (χ0n) is 21.0. The van der Waals surface area contributed by atoms with E-state index in [1.165, 1.54) is 0 Å². The minimum absolute atomic E-state index is 0.322. The number of pyridine rings is 3. The first-order valence-electron chi connectivity index (χ1n) is 12.5. The van der Waals surface area contributed by atoms with Crippen molar-refractivity contribution in [3.05, 3.63) is 109 Å². The maximum atomic E-state index is 12.9. The predicted octanol–water partition coefficient (Wildman–Crippen LogP) is 5.15. The van der Waals surface area contributed by atoms with Gasteiger partial charge in [-0.15, -0.1) is 0 Å². The molecule has 10 nitrogen and oxygen atoms in total. The first-order chi connectivity index (χ1) is 19.7. The standard InChI is InChI=1S/C30H21N9O/c31-39(30(40)18-5-2-1-3-6-18)22-11-21(14-33-15-22)19-8-9-25-23(12-19)28(38-37-25)29-35-26-17-34-16-24(27(26)36-29)20-7-4-10-32-13-20/h1-17H,31H2,(H,35,36)(H,37,38). The number of amides is 1. The summed E-state index contributed by atoms with van der Waals surface area (Å²) in [6.45, 7) is 0. The molecule has 1 amide bonds. The van der Waals surface area contributed by atoms with Gasteiger partial charge in [0.1, 0.15) is 11.2 Å². The third-order valence-electron chi connectivity index (χ3n) is 6.73. The summed E-state index contributed by atoms with van der Waals surface area (Å²) in [6, 6.07) is 20.5. The summed E-state index contributed by atoms with van der Waals surface area (Å²) in [5.74, 6) is 6.48. The molecule has 192 valence electrons. The minimum atomic E-state index is -0.322. The highest BCUT2D eigenvalue weighted by Crippen LogP contribution is 2.33. The van der Waals surface area contributed by atoms with E-state index in [-0.39, 0.29) is 5.91 Å². The second-order valence-corrected chi connectivity index (χ2v) is 9.22. The van der Waals surface area contributed by atoms with E-state index in [9.17, 15) is 4.79 Å². The number of hydrogen-bond donors (Lipinski definition) is 3. The molecule has 5 heterocycles. The SMILES string of the molecule is NN(C(=O)c1ccccc1)c1cncc(-c2ccc3[nH]nc(-c4nc5c(-c6cccnc6)cncc5[nH]4)c3c2)c1. The van der Waals surface area contributed by atoms with Crippen LogP contribution in [0.3, 0.4) is 0 Å². The summed E-state index contributed by atoms with van der Waals surface area (Å²) in [7, 11) is 0. The van der Waals surface area contributed by atoms with Gasteiger partial charge in [0.05, 0.1) is 29.1 Å². The molecule has 0 spiro atoms. The topological polar surface area (TPSA) is 142 Å². The summed E-state index contributed by atoms with van der Waals surface area (Å²) in [4.78, 5) is 34.1. The Bertz CT molecular complexity index is 2000. The molecule has 0 fully saturated rings. The Morgan fingerprint density at radius 1 is 0.775 bits per heavy atom.